The van der Waals surface area contributed by atoms with Crippen molar-refractivity contribution >= 4 is 33.1 Å². The van der Waals surface area contributed by atoms with Crippen molar-refractivity contribution in [3.8, 4) is 18.4 Å². The number of fused-ring (bicyclic) bond motifs is 2. The maximum atomic E-state index is 14.0. The summed E-state index contributed by atoms with van der Waals surface area (Å²) in [6.07, 6.45) is 7.89. The van der Waals surface area contributed by atoms with E-state index in [1.807, 2.05) is 30.3 Å². The molecule has 0 bridgehead atoms. The van der Waals surface area contributed by atoms with E-state index < -0.39 is 17.8 Å². The normalized spacial score (nSPS) is 16.5. The molecule has 1 atom stereocenters. The molecule has 0 saturated heterocycles. The van der Waals surface area contributed by atoms with E-state index >= 15 is 0 Å². The number of halogens is 3. The average Bonchev–Trinajstić information content (AvgIpc) is 3.68. The van der Waals surface area contributed by atoms with Crippen molar-refractivity contribution < 1.29 is 13.2 Å². The topological polar surface area (TPSA) is 101 Å². The first-order valence-electron chi connectivity index (χ1n) is 14.2. The zero-order valence-electron chi connectivity index (χ0n) is 24.5. The highest BCUT2D eigenvalue weighted by atomic mass is 19.4. The molecule has 0 radical (unpaired) electrons. The summed E-state index contributed by atoms with van der Waals surface area (Å²) in [6.45, 7) is 6.91. The molecule has 44 heavy (non-hydrogen) atoms. The van der Waals surface area contributed by atoms with E-state index in [-0.39, 0.29) is 18.3 Å². The van der Waals surface area contributed by atoms with Crippen molar-refractivity contribution in [1.29, 1.82) is 5.26 Å². The van der Waals surface area contributed by atoms with Crippen LogP contribution in [0.5, 0.6) is 0 Å². The standard InChI is InChI=1S/C33H31F3N8/c1-5-20-16-39-29-22(14-37)12-23(13-25(29)28(20)40-19-31(2,3)4)41-30(26-17-38-15-21-8-6-7-9-24(21)26)27-18-44(43-42-27)32(10-11-32)33(34,35)36/h1,6-9,12-13,15-18,30,41-43H,10-11,19H2,2-4H3,(H,39,40)/t30-/m0/s1. The second-order valence-corrected chi connectivity index (χ2v) is 12.4. The Labute approximate surface area is 253 Å². The molecule has 2 aromatic heterocycles. The molecule has 0 unspecified atom stereocenters. The van der Waals surface area contributed by atoms with Crippen LogP contribution in [0.3, 0.4) is 0 Å². The number of hydrazine groups is 2. The van der Waals surface area contributed by atoms with Crippen LogP contribution >= 0.6 is 0 Å². The fourth-order valence-electron chi connectivity index (χ4n) is 5.47. The molecule has 8 nitrogen and oxygen atoms in total. The van der Waals surface area contributed by atoms with Crippen LogP contribution in [0.2, 0.25) is 0 Å². The number of pyridine rings is 2. The van der Waals surface area contributed by atoms with Gasteiger partial charge in [-0.25, -0.2) is 0 Å². The minimum absolute atomic E-state index is 0.00602. The van der Waals surface area contributed by atoms with E-state index in [2.05, 4.69) is 64.3 Å². The first-order chi connectivity index (χ1) is 20.9. The highest BCUT2D eigenvalue weighted by Crippen LogP contribution is 2.54. The fourth-order valence-corrected chi connectivity index (χ4v) is 5.47. The number of alkyl halides is 3. The van der Waals surface area contributed by atoms with Gasteiger partial charge < -0.3 is 16.1 Å². The van der Waals surface area contributed by atoms with Crippen molar-refractivity contribution in [2.45, 2.75) is 51.4 Å². The van der Waals surface area contributed by atoms with Crippen molar-refractivity contribution in [2.75, 3.05) is 17.2 Å². The second-order valence-electron chi connectivity index (χ2n) is 12.4. The molecule has 2 aromatic carbocycles. The van der Waals surface area contributed by atoms with Gasteiger partial charge in [-0.3, -0.25) is 15.0 Å². The lowest BCUT2D eigenvalue weighted by atomic mass is 9.96. The number of terminal acetylenes is 1. The molecule has 2 aliphatic rings. The largest absolute Gasteiger partial charge is 0.413 e. The number of aromatic nitrogens is 2. The minimum atomic E-state index is -4.41. The van der Waals surface area contributed by atoms with Crippen LogP contribution in [-0.4, -0.2) is 33.2 Å². The molecule has 0 amide bonds. The van der Waals surface area contributed by atoms with Gasteiger partial charge in [0.2, 0.25) is 0 Å². The maximum Gasteiger partial charge on any atom is 0.413 e. The Kier molecular flexibility index (Phi) is 7.02. The highest BCUT2D eigenvalue weighted by molar-refractivity contribution is 5.99. The monoisotopic (exact) mass is 596 g/mol. The predicted octanol–water partition coefficient (Wildman–Crippen LogP) is 6.51. The predicted molar refractivity (Wildman–Crippen MR) is 165 cm³/mol. The third kappa shape index (κ3) is 5.20. The van der Waals surface area contributed by atoms with Gasteiger partial charge in [0.25, 0.3) is 0 Å². The third-order valence-corrected chi connectivity index (χ3v) is 7.98. The molecule has 4 N–H and O–H groups in total. The molecule has 3 heterocycles. The lowest BCUT2D eigenvalue weighted by molar-refractivity contribution is -0.195. The van der Waals surface area contributed by atoms with E-state index in [4.69, 9.17) is 6.42 Å². The Balaban J connectivity index is 1.49. The first kappa shape index (κ1) is 29.1. The van der Waals surface area contributed by atoms with Gasteiger partial charge in [-0.15, -0.1) is 12.0 Å². The highest BCUT2D eigenvalue weighted by Gasteiger charge is 2.67. The number of benzene rings is 2. The van der Waals surface area contributed by atoms with Gasteiger partial charge >= 0.3 is 6.18 Å². The summed E-state index contributed by atoms with van der Waals surface area (Å²) in [6, 6.07) is 12.8. The van der Waals surface area contributed by atoms with Crippen LogP contribution in [-0.2, 0) is 0 Å². The molecule has 4 aromatic rings. The number of hydrogen-bond donors (Lipinski definition) is 4. The summed E-state index contributed by atoms with van der Waals surface area (Å²) in [4.78, 5) is 8.93. The van der Waals surface area contributed by atoms with Crippen LogP contribution in [0.4, 0.5) is 24.5 Å². The summed E-state index contributed by atoms with van der Waals surface area (Å²) >= 11 is 0. The molecule has 6 rings (SSSR count). The molecule has 224 valence electrons. The zero-order chi connectivity index (χ0) is 31.3. The van der Waals surface area contributed by atoms with Crippen LogP contribution < -0.4 is 21.6 Å². The Morgan fingerprint density at radius 1 is 1.09 bits per heavy atom. The van der Waals surface area contributed by atoms with Crippen molar-refractivity contribution in [3.05, 3.63) is 83.6 Å². The number of anilines is 2. The van der Waals surface area contributed by atoms with Crippen molar-refractivity contribution in [2.24, 2.45) is 5.41 Å². The molecular weight excluding hydrogens is 565 g/mol. The van der Waals surface area contributed by atoms with Gasteiger partial charge in [0, 0.05) is 53.4 Å². The Bertz CT molecular complexity index is 1870. The number of rotatable bonds is 7. The number of nitriles is 1. The van der Waals surface area contributed by atoms with E-state index in [9.17, 15) is 18.4 Å². The number of nitrogens with zero attached hydrogens (tertiary/aromatic N) is 4. The molecule has 0 spiro atoms. The van der Waals surface area contributed by atoms with E-state index in [1.165, 1.54) is 6.20 Å². The van der Waals surface area contributed by atoms with Gasteiger partial charge in [0.05, 0.1) is 34.1 Å². The quantitative estimate of drug-likeness (QED) is 0.179. The zero-order valence-corrected chi connectivity index (χ0v) is 24.5. The van der Waals surface area contributed by atoms with Gasteiger partial charge in [-0.1, -0.05) is 51.0 Å². The summed E-state index contributed by atoms with van der Waals surface area (Å²) in [5.41, 5.74) is 7.47. The number of nitrogens with one attached hydrogen (secondary N) is 4. The molecular formula is C33H31F3N8. The summed E-state index contributed by atoms with van der Waals surface area (Å²) in [5.74, 6) is 2.69. The van der Waals surface area contributed by atoms with E-state index in [0.717, 1.165) is 21.3 Å². The molecule has 11 heteroatoms. The van der Waals surface area contributed by atoms with Gasteiger partial charge in [0.1, 0.15) is 6.07 Å². The lowest BCUT2D eigenvalue weighted by Gasteiger charge is -2.28. The first-order valence-corrected chi connectivity index (χ1v) is 14.2. The third-order valence-electron chi connectivity index (χ3n) is 7.98. The van der Waals surface area contributed by atoms with Gasteiger partial charge in [0.15, 0.2) is 5.54 Å². The lowest BCUT2D eigenvalue weighted by Crippen LogP contribution is -2.52. The molecule has 1 aliphatic carbocycles. The maximum absolute atomic E-state index is 14.0. The second kappa shape index (κ2) is 10.6. The Hall–Kier alpha value is -5.00. The van der Waals surface area contributed by atoms with Crippen LogP contribution in [0.25, 0.3) is 21.7 Å². The summed E-state index contributed by atoms with van der Waals surface area (Å²) in [7, 11) is 0. The van der Waals surface area contributed by atoms with Gasteiger partial charge in [-0.2, -0.15) is 18.4 Å². The molecule has 1 saturated carbocycles. The summed E-state index contributed by atoms with van der Waals surface area (Å²) < 4.78 is 42.0. The van der Waals surface area contributed by atoms with Crippen molar-refractivity contribution in [1.82, 2.24) is 25.9 Å². The molecule has 1 fully saturated rings. The Morgan fingerprint density at radius 2 is 1.86 bits per heavy atom. The van der Waals surface area contributed by atoms with Crippen LogP contribution in [0.15, 0.2) is 66.9 Å². The fraction of sp³-hybridized carbons (Fsp3) is 0.303. The van der Waals surface area contributed by atoms with Crippen LogP contribution in [0.1, 0.15) is 56.3 Å². The Morgan fingerprint density at radius 3 is 2.55 bits per heavy atom. The SMILES string of the molecule is C#Cc1cnc2c(C#N)cc(N[C@H](C3=CN(C4(C(F)(F)F)CC4)NN3)c3cncc4ccccc34)cc2c1NCC(C)(C)C. The minimum Gasteiger partial charge on any atom is -0.383 e. The van der Waals surface area contributed by atoms with Gasteiger partial charge in [-0.05, 0) is 35.8 Å². The number of hydrogen-bond acceptors (Lipinski definition) is 8. The average molecular weight is 597 g/mol. The molecule has 1 aliphatic heterocycles. The van der Waals surface area contributed by atoms with Crippen LogP contribution in [0, 0.1) is 29.1 Å². The van der Waals surface area contributed by atoms with E-state index in [0.29, 0.717) is 45.6 Å². The summed E-state index contributed by atoms with van der Waals surface area (Å²) in [5, 5.41) is 20.6. The van der Waals surface area contributed by atoms with E-state index in [1.54, 1.807) is 24.7 Å². The smallest absolute Gasteiger partial charge is 0.383 e. The van der Waals surface area contributed by atoms with Crippen molar-refractivity contribution in [3.63, 3.8) is 0 Å².